The van der Waals surface area contributed by atoms with Crippen LogP contribution in [0.25, 0.3) is 0 Å². The van der Waals surface area contributed by atoms with Gasteiger partial charge in [0, 0.05) is 37.0 Å². The first kappa shape index (κ1) is 15.5. The molecule has 0 bridgehead atoms. The second-order valence-corrected chi connectivity index (χ2v) is 4.79. The number of nitrogens with zero attached hydrogens (tertiary/aromatic N) is 5. The maximum atomic E-state index is 6.14. The van der Waals surface area contributed by atoms with Crippen LogP contribution >= 0.6 is 27.5 Å². The Kier molecular flexibility index (Phi) is 6.38. The minimum absolute atomic E-state index is 0.399. The fraction of sp³-hybridized carbons (Fsp3) is 0.167. The van der Waals surface area contributed by atoms with Gasteiger partial charge in [0.05, 0.1) is 18.1 Å². The Labute approximate surface area is 125 Å². The molecule has 1 rings (SSSR count). The molecule has 0 amide bonds. The summed E-state index contributed by atoms with van der Waals surface area (Å²) in [7, 11) is 3.38. The lowest BCUT2D eigenvalue weighted by atomic mass is 10.2. The third-order valence-electron chi connectivity index (χ3n) is 2.00. The van der Waals surface area contributed by atoms with E-state index in [4.69, 9.17) is 11.6 Å². The maximum absolute atomic E-state index is 6.14. The first-order chi connectivity index (χ1) is 9.04. The molecule has 0 aliphatic carbocycles. The molecule has 1 aromatic rings. The Balaban J connectivity index is 2.90. The van der Waals surface area contributed by atoms with Gasteiger partial charge >= 0.3 is 0 Å². The van der Waals surface area contributed by atoms with Crippen LogP contribution in [-0.2, 0) is 0 Å². The van der Waals surface area contributed by atoms with Crippen molar-refractivity contribution >= 4 is 39.5 Å². The highest BCUT2D eigenvalue weighted by Gasteiger charge is 2.05. The van der Waals surface area contributed by atoms with Crippen molar-refractivity contribution in [2.75, 3.05) is 14.1 Å². The molecule has 0 saturated carbocycles. The number of hydrazone groups is 1. The van der Waals surface area contributed by atoms with Crippen LogP contribution in [0.2, 0.25) is 0 Å². The van der Waals surface area contributed by atoms with Crippen molar-refractivity contribution in [1.29, 1.82) is 0 Å². The topological polar surface area (TPSA) is 53.7 Å². The highest BCUT2D eigenvalue weighted by Crippen LogP contribution is 2.10. The molecule has 5 nitrogen and oxygen atoms in total. The van der Waals surface area contributed by atoms with Gasteiger partial charge in [-0.1, -0.05) is 18.2 Å². The van der Waals surface area contributed by atoms with Gasteiger partial charge in [-0.15, -0.1) is 0 Å². The van der Waals surface area contributed by atoms with Crippen LogP contribution in [-0.4, -0.2) is 41.0 Å². The van der Waals surface area contributed by atoms with Crippen molar-refractivity contribution in [3.63, 3.8) is 0 Å². The Bertz CT molecular complexity index is 524. The summed E-state index contributed by atoms with van der Waals surface area (Å²) in [4.78, 5) is 12.3. The van der Waals surface area contributed by atoms with Crippen molar-refractivity contribution < 1.29 is 0 Å². The third-order valence-corrected chi connectivity index (χ3v) is 2.56. The van der Waals surface area contributed by atoms with Crippen LogP contribution in [0.4, 0.5) is 0 Å². The molecule has 0 saturated heterocycles. The molecule has 0 spiro atoms. The smallest absolute Gasteiger partial charge is 0.127 e. The first-order valence-corrected chi connectivity index (χ1v) is 6.44. The monoisotopic (exact) mass is 341 g/mol. The molecule has 1 aromatic heterocycles. The summed E-state index contributed by atoms with van der Waals surface area (Å²) in [5.74, 6) is 0. The Hall–Kier alpha value is -1.53. The number of allylic oxidation sites excluding steroid dienone is 2. The van der Waals surface area contributed by atoms with E-state index in [2.05, 4.69) is 42.6 Å². The lowest BCUT2D eigenvalue weighted by Gasteiger charge is -2.11. The van der Waals surface area contributed by atoms with E-state index in [9.17, 15) is 0 Å². The second kappa shape index (κ2) is 7.81. The van der Waals surface area contributed by atoms with Crippen LogP contribution in [0.3, 0.4) is 0 Å². The Morgan fingerprint density at radius 2 is 2.26 bits per heavy atom. The van der Waals surface area contributed by atoms with Gasteiger partial charge in [0.1, 0.15) is 10.9 Å². The molecule has 0 aromatic carbocycles. The zero-order valence-electron chi connectivity index (χ0n) is 10.6. The third kappa shape index (κ3) is 5.32. The van der Waals surface area contributed by atoms with Crippen molar-refractivity contribution in [3.8, 4) is 0 Å². The van der Waals surface area contributed by atoms with Crippen LogP contribution in [0.1, 0.15) is 5.69 Å². The molecule has 7 heteroatoms. The Morgan fingerprint density at radius 3 is 2.79 bits per heavy atom. The van der Waals surface area contributed by atoms with E-state index in [-0.39, 0.29) is 0 Å². The molecular weight excluding hydrogens is 330 g/mol. The second-order valence-electron chi connectivity index (χ2n) is 3.38. The summed E-state index contributed by atoms with van der Waals surface area (Å²) >= 11 is 9.32. The van der Waals surface area contributed by atoms with Crippen LogP contribution in [0, 0.1) is 0 Å². The fourth-order valence-electron chi connectivity index (χ4n) is 1.10. The molecule has 0 atom stereocenters. The summed E-state index contributed by atoms with van der Waals surface area (Å²) in [6.07, 6.45) is 8.02. The van der Waals surface area contributed by atoms with E-state index < -0.39 is 0 Å². The van der Waals surface area contributed by atoms with Gasteiger partial charge in [-0.2, -0.15) is 5.10 Å². The molecule has 0 fully saturated rings. The van der Waals surface area contributed by atoms with Crippen LogP contribution in [0.5, 0.6) is 0 Å². The highest BCUT2D eigenvalue weighted by atomic mass is 79.9. The maximum Gasteiger partial charge on any atom is 0.127 e. The summed E-state index contributed by atoms with van der Waals surface area (Å²) in [5, 5.41) is 5.97. The molecule has 19 heavy (non-hydrogen) atoms. The van der Waals surface area contributed by atoms with Crippen molar-refractivity contribution in [1.82, 2.24) is 15.0 Å². The molecule has 0 radical (unpaired) electrons. The van der Waals surface area contributed by atoms with Gasteiger partial charge in [-0.05, 0) is 15.9 Å². The number of hydrogen-bond donors (Lipinski definition) is 0. The molecule has 0 aliphatic rings. The summed E-state index contributed by atoms with van der Waals surface area (Å²) in [6.45, 7) is 3.65. The van der Waals surface area contributed by atoms with Gasteiger partial charge < -0.3 is 0 Å². The van der Waals surface area contributed by atoms with Crippen molar-refractivity contribution in [2.24, 2.45) is 10.1 Å². The van der Waals surface area contributed by atoms with Gasteiger partial charge in [0.25, 0.3) is 0 Å². The highest BCUT2D eigenvalue weighted by molar-refractivity contribution is 9.12. The lowest BCUT2D eigenvalue weighted by Crippen LogP contribution is -2.10. The van der Waals surface area contributed by atoms with Crippen LogP contribution < -0.4 is 0 Å². The van der Waals surface area contributed by atoms with Gasteiger partial charge in [-0.25, -0.2) is 0 Å². The van der Waals surface area contributed by atoms with E-state index in [1.54, 1.807) is 45.0 Å². The van der Waals surface area contributed by atoms with Gasteiger partial charge in [0.2, 0.25) is 0 Å². The number of aromatic nitrogens is 2. The quantitative estimate of drug-likeness (QED) is 0.470. The molecule has 100 valence electrons. The minimum atomic E-state index is 0.399. The molecule has 0 aliphatic heterocycles. The van der Waals surface area contributed by atoms with E-state index >= 15 is 0 Å². The van der Waals surface area contributed by atoms with E-state index in [1.165, 1.54) is 5.01 Å². The first-order valence-electron chi connectivity index (χ1n) is 5.27. The predicted octanol–water partition coefficient (Wildman–Crippen LogP) is 2.80. The Morgan fingerprint density at radius 1 is 1.53 bits per heavy atom. The number of hydrogen-bond acceptors (Lipinski definition) is 5. The van der Waals surface area contributed by atoms with Crippen molar-refractivity contribution in [2.45, 2.75) is 0 Å². The van der Waals surface area contributed by atoms with Crippen molar-refractivity contribution in [3.05, 3.63) is 46.6 Å². The van der Waals surface area contributed by atoms with Gasteiger partial charge in [-0.3, -0.25) is 20.0 Å². The normalized spacial score (nSPS) is 12.8. The summed E-state index contributed by atoms with van der Waals surface area (Å²) < 4.78 is 0.655. The predicted molar refractivity (Wildman–Crippen MR) is 82.8 cm³/mol. The lowest BCUT2D eigenvalue weighted by molar-refractivity contribution is 0.479. The average Bonchev–Trinajstić information content (AvgIpc) is 2.42. The van der Waals surface area contributed by atoms with Crippen LogP contribution in [0.15, 0.2) is 51.0 Å². The number of aliphatic imine (C=N–C) groups is 1. The SMILES string of the molecule is C=C(Br)/C=N\N(C)/C(Cl)=C\C(=N/C)c1cnccn1. The van der Waals surface area contributed by atoms with E-state index in [0.717, 1.165) is 0 Å². The number of halogens is 2. The minimum Gasteiger partial charge on any atom is -0.286 e. The number of rotatable bonds is 5. The zero-order valence-corrected chi connectivity index (χ0v) is 12.9. The molecular formula is C12H13BrClN5. The fourth-order valence-corrected chi connectivity index (χ4v) is 1.33. The largest absolute Gasteiger partial charge is 0.286 e. The zero-order chi connectivity index (χ0) is 14.3. The molecule has 1 heterocycles. The van der Waals surface area contributed by atoms with Gasteiger partial charge in [0.15, 0.2) is 0 Å². The summed E-state index contributed by atoms with van der Waals surface area (Å²) in [5.41, 5.74) is 1.27. The molecule has 0 N–H and O–H groups in total. The molecule has 0 unspecified atom stereocenters. The average molecular weight is 343 g/mol. The summed E-state index contributed by atoms with van der Waals surface area (Å²) in [6, 6.07) is 0. The standard InChI is InChI=1S/C12H13BrClN5/c1-9(13)7-18-19(3)12(14)6-10(15-2)11-8-16-4-5-17-11/h4-8H,1H2,2-3H3/b12-6-,15-10+,18-7-. The van der Waals surface area contributed by atoms with E-state index in [0.29, 0.717) is 21.0 Å². The van der Waals surface area contributed by atoms with E-state index in [1.807, 2.05) is 0 Å².